The molecule has 0 radical (unpaired) electrons. The predicted octanol–water partition coefficient (Wildman–Crippen LogP) is 2.88. The Bertz CT molecular complexity index is 615. The maximum Gasteiger partial charge on any atom is 0.166 e. The Balaban J connectivity index is 2.68. The topological polar surface area (TPSA) is 41.6 Å². The Morgan fingerprint density at radius 3 is 2.47 bits per heavy atom. The highest BCUT2D eigenvalue weighted by Crippen LogP contribution is 2.25. The minimum atomic E-state index is 0.494. The lowest BCUT2D eigenvalue weighted by molar-refractivity contribution is 0.865. The van der Waals surface area contributed by atoms with Gasteiger partial charge in [0.2, 0.25) is 0 Å². The molecule has 1 aromatic heterocycles. The molecule has 0 aliphatic heterocycles. The van der Waals surface area contributed by atoms with Crippen LogP contribution in [0.3, 0.4) is 0 Å². The fourth-order valence-corrected chi connectivity index (χ4v) is 1.91. The molecule has 0 fully saturated rings. The molecular weight excluding hydrogens is 210 g/mol. The SMILES string of the molecule is Cc1ccc(-c2c(C#N)nc(C)n2C)cc1C. The summed E-state index contributed by atoms with van der Waals surface area (Å²) in [6, 6.07) is 8.38. The third-order valence-corrected chi connectivity index (χ3v) is 3.20. The van der Waals surface area contributed by atoms with Crippen LogP contribution in [0, 0.1) is 32.1 Å². The van der Waals surface area contributed by atoms with E-state index in [1.54, 1.807) is 0 Å². The van der Waals surface area contributed by atoms with E-state index < -0.39 is 0 Å². The van der Waals surface area contributed by atoms with Crippen LogP contribution in [0.4, 0.5) is 0 Å². The molecule has 1 aromatic carbocycles. The van der Waals surface area contributed by atoms with Gasteiger partial charge < -0.3 is 4.57 Å². The van der Waals surface area contributed by atoms with Crippen LogP contribution in [0.2, 0.25) is 0 Å². The molecule has 0 N–H and O–H groups in total. The van der Waals surface area contributed by atoms with E-state index in [0.717, 1.165) is 17.1 Å². The van der Waals surface area contributed by atoms with Crippen molar-refractivity contribution < 1.29 is 0 Å². The monoisotopic (exact) mass is 225 g/mol. The molecule has 0 amide bonds. The van der Waals surface area contributed by atoms with Gasteiger partial charge in [-0.15, -0.1) is 0 Å². The third kappa shape index (κ3) is 1.83. The van der Waals surface area contributed by atoms with E-state index in [1.807, 2.05) is 24.6 Å². The molecule has 0 saturated carbocycles. The van der Waals surface area contributed by atoms with Crippen LogP contribution in [-0.2, 0) is 7.05 Å². The Hall–Kier alpha value is -2.08. The highest BCUT2D eigenvalue weighted by Gasteiger charge is 2.14. The number of nitriles is 1. The van der Waals surface area contributed by atoms with Crippen LogP contribution < -0.4 is 0 Å². The van der Waals surface area contributed by atoms with E-state index in [9.17, 15) is 0 Å². The average molecular weight is 225 g/mol. The van der Waals surface area contributed by atoms with Gasteiger partial charge in [-0.25, -0.2) is 4.98 Å². The molecule has 3 nitrogen and oxygen atoms in total. The van der Waals surface area contributed by atoms with Gasteiger partial charge in [0.15, 0.2) is 5.69 Å². The zero-order valence-corrected chi connectivity index (χ0v) is 10.6. The molecule has 0 spiro atoms. The minimum Gasteiger partial charge on any atom is -0.330 e. The van der Waals surface area contributed by atoms with Gasteiger partial charge in [0, 0.05) is 12.6 Å². The van der Waals surface area contributed by atoms with Crippen LogP contribution in [-0.4, -0.2) is 9.55 Å². The number of aryl methyl sites for hydroxylation is 3. The third-order valence-electron chi connectivity index (χ3n) is 3.20. The molecule has 0 atom stereocenters. The Kier molecular flexibility index (Phi) is 2.72. The molecule has 0 bridgehead atoms. The van der Waals surface area contributed by atoms with Crippen molar-refractivity contribution in [2.45, 2.75) is 20.8 Å². The van der Waals surface area contributed by atoms with Crippen LogP contribution in [0.5, 0.6) is 0 Å². The van der Waals surface area contributed by atoms with E-state index in [2.05, 4.69) is 37.0 Å². The molecule has 2 rings (SSSR count). The minimum absolute atomic E-state index is 0.494. The Labute approximate surface area is 101 Å². The van der Waals surface area contributed by atoms with Gasteiger partial charge in [0.05, 0.1) is 5.69 Å². The van der Waals surface area contributed by atoms with E-state index in [1.165, 1.54) is 11.1 Å². The van der Waals surface area contributed by atoms with Gasteiger partial charge in [-0.3, -0.25) is 0 Å². The maximum atomic E-state index is 9.12. The van der Waals surface area contributed by atoms with E-state index in [4.69, 9.17) is 5.26 Å². The summed E-state index contributed by atoms with van der Waals surface area (Å²) in [6.07, 6.45) is 0. The first-order chi connectivity index (χ1) is 8.04. The second-order valence-corrected chi connectivity index (χ2v) is 4.33. The number of rotatable bonds is 1. The average Bonchev–Trinajstić information content (AvgIpc) is 2.59. The molecule has 0 aliphatic carbocycles. The molecule has 0 aliphatic rings. The summed E-state index contributed by atoms with van der Waals surface area (Å²) >= 11 is 0. The predicted molar refractivity (Wildman–Crippen MR) is 67.6 cm³/mol. The quantitative estimate of drug-likeness (QED) is 0.748. The second-order valence-electron chi connectivity index (χ2n) is 4.33. The number of hydrogen-bond acceptors (Lipinski definition) is 2. The number of hydrogen-bond donors (Lipinski definition) is 0. The number of aromatic nitrogens is 2. The maximum absolute atomic E-state index is 9.12. The van der Waals surface area contributed by atoms with Crippen molar-refractivity contribution >= 4 is 0 Å². The summed E-state index contributed by atoms with van der Waals surface area (Å²) in [6.45, 7) is 6.07. The fourth-order valence-electron chi connectivity index (χ4n) is 1.91. The Morgan fingerprint density at radius 2 is 1.88 bits per heavy atom. The molecule has 2 aromatic rings. The zero-order valence-electron chi connectivity index (χ0n) is 10.6. The van der Waals surface area contributed by atoms with Gasteiger partial charge in [-0.2, -0.15) is 5.26 Å². The Morgan fingerprint density at radius 1 is 1.18 bits per heavy atom. The summed E-state index contributed by atoms with van der Waals surface area (Å²) in [4.78, 5) is 4.26. The first kappa shape index (κ1) is 11.4. The van der Waals surface area contributed by atoms with Gasteiger partial charge in [-0.1, -0.05) is 12.1 Å². The van der Waals surface area contributed by atoms with Crippen LogP contribution in [0.15, 0.2) is 18.2 Å². The molecule has 17 heavy (non-hydrogen) atoms. The van der Waals surface area contributed by atoms with Crippen molar-refractivity contribution in [3.8, 4) is 17.3 Å². The molecule has 0 saturated heterocycles. The zero-order chi connectivity index (χ0) is 12.6. The first-order valence-electron chi connectivity index (χ1n) is 5.55. The van der Waals surface area contributed by atoms with Crippen LogP contribution in [0.25, 0.3) is 11.3 Å². The molecule has 3 heteroatoms. The lowest BCUT2D eigenvalue weighted by atomic mass is 10.0. The van der Waals surface area contributed by atoms with Gasteiger partial charge >= 0.3 is 0 Å². The molecule has 1 heterocycles. The standard InChI is InChI=1S/C14H15N3/c1-9-5-6-12(7-10(9)2)14-13(8-15)16-11(3)17(14)4/h5-7H,1-4H3. The van der Waals surface area contributed by atoms with Crippen molar-refractivity contribution in [2.75, 3.05) is 0 Å². The molecule has 86 valence electrons. The van der Waals surface area contributed by atoms with Crippen LogP contribution in [0.1, 0.15) is 22.6 Å². The van der Waals surface area contributed by atoms with Crippen molar-refractivity contribution in [2.24, 2.45) is 7.05 Å². The summed E-state index contributed by atoms with van der Waals surface area (Å²) in [5.74, 6) is 0.856. The van der Waals surface area contributed by atoms with Crippen molar-refractivity contribution in [1.29, 1.82) is 5.26 Å². The van der Waals surface area contributed by atoms with Crippen molar-refractivity contribution in [3.05, 3.63) is 40.8 Å². The fraction of sp³-hybridized carbons (Fsp3) is 0.286. The highest BCUT2D eigenvalue weighted by atomic mass is 15.1. The van der Waals surface area contributed by atoms with E-state index in [0.29, 0.717) is 5.69 Å². The summed E-state index contributed by atoms with van der Waals surface area (Å²) in [5.41, 5.74) is 4.92. The lowest BCUT2D eigenvalue weighted by Crippen LogP contribution is -1.95. The molecule has 0 unspecified atom stereocenters. The van der Waals surface area contributed by atoms with E-state index >= 15 is 0 Å². The van der Waals surface area contributed by atoms with Crippen molar-refractivity contribution in [1.82, 2.24) is 9.55 Å². The summed E-state index contributed by atoms with van der Waals surface area (Å²) in [5, 5.41) is 9.12. The lowest BCUT2D eigenvalue weighted by Gasteiger charge is -2.07. The highest BCUT2D eigenvalue weighted by molar-refractivity contribution is 5.67. The van der Waals surface area contributed by atoms with Gasteiger partial charge in [0.25, 0.3) is 0 Å². The summed E-state index contributed by atoms with van der Waals surface area (Å²) < 4.78 is 1.96. The number of benzene rings is 1. The molecular formula is C14H15N3. The van der Waals surface area contributed by atoms with Crippen LogP contribution >= 0.6 is 0 Å². The number of imidazole rings is 1. The smallest absolute Gasteiger partial charge is 0.166 e. The van der Waals surface area contributed by atoms with Gasteiger partial charge in [-0.05, 0) is 38.0 Å². The van der Waals surface area contributed by atoms with E-state index in [-0.39, 0.29) is 0 Å². The first-order valence-corrected chi connectivity index (χ1v) is 5.55. The van der Waals surface area contributed by atoms with Crippen molar-refractivity contribution in [3.63, 3.8) is 0 Å². The van der Waals surface area contributed by atoms with Gasteiger partial charge in [0.1, 0.15) is 11.9 Å². The summed E-state index contributed by atoms with van der Waals surface area (Å²) in [7, 11) is 1.94. The normalized spacial score (nSPS) is 10.3. The largest absolute Gasteiger partial charge is 0.330 e. The second kappa shape index (κ2) is 4.06. The number of nitrogens with zero attached hydrogens (tertiary/aromatic N) is 3.